The minimum Gasteiger partial charge on any atom is -0.494 e. The Morgan fingerprint density at radius 3 is 2.59 bits per heavy atom. The Labute approximate surface area is 176 Å². The fourth-order valence-corrected chi connectivity index (χ4v) is 4.20. The first-order valence-corrected chi connectivity index (χ1v) is 10.8. The van der Waals surface area contributed by atoms with Gasteiger partial charge in [0.1, 0.15) is 11.3 Å². The maximum absolute atomic E-state index is 13.1. The Balaban J connectivity index is 1.90. The summed E-state index contributed by atoms with van der Waals surface area (Å²) < 4.78 is 6.46. The summed E-state index contributed by atoms with van der Waals surface area (Å²) in [6.07, 6.45) is 3.49. The number of carbonyl (C=O) groups excluding carboxylic acids is 1. The average molecular weight is 411 g/mol. The largest absolute Gasteiger partial charge is 0.494 e. The number of anilines is 1. The molecule has 3 aromatic rings. The smallest absolute Gasteiger partial charge is 0.252 e. The normalized spacial score (nSPS) is 11.4. The van der Waals surface area contributed by atoms with Crippen molar-refractivity contribution in [3.63, 3.8) is 0 Å². The van der Waals surface area contributed by atoms with Crippen molar-refractivity contribution in [3.05, 3.63) is 60.2 Å². The van der Waals surface area contributed by atoms with Crippen LogP contribution in [0.4, 0.5) is 5.13 Å². The molecule has 0 unspecified atom stereocenters. The zero-order valence-corrected chi connectivity index (χ0v) is 18.0. The minimum atomic E-state index is -0.0570. The van der Waals surface area contributed by atoms with Crippen LogP contribution >= 0.6 is 11.3 Å². The number of carbonyl (C=O) groups is 1. The highest BCUT2D eigenvalue weighted by molar-refractivity contribution is 7.22. The van der Waals surface area contributed by atoms with Crippen molar-refractivity contribution >= 4 is 38.7 Å². The first-order valence-electron chi connectivity index (χ1n) is 9.98. The summed E-state index contributed by atoms with van der Waals surface area (Å²) in [5.41, 5.74) is 1.80. The lowest BCUT2D eigenvalue weighted by molar-refractivity contribution is -0.894. The molecule has 2 aromatic carbocycles. The maximum Gasteiger partial charge on any atom is 0.252 e. The molecular weight excluding hydrogens is 382 g/mol. The second-order valence-corrected chi connectivity index (χ2v) is 7.75. The standard InChI is InChI=1S/C23H27N3O2S/c1-4-25(5-2)16-17-26(21(27)15-14-18-10-7-6-8-11-18)23-24-22-19(28-3)12-9-13-20(22)29-23/h6-15H,4-5,16-17H2,1-3H3/p+1/b15-14+. The number of nitrogens with zero attached hydrogens (tertiary/aromatic N) is 2. The third-order valence-corrected chi connectivity index (χ3v) is 6.04. The van der Waals surface area contributed by atoms with Crippen LogP contribution in [-0.2, 0) is 4.79 Å². The second-order valence-electron chi connectivity index (χ2n) is 6.74. The fourth-order valence-electron chi connectivity index (χ4n) is 3.19. The number of benzene rings is 2. The summed E-state index contributed by atoms with van der Waals surface area (Å²) in [5, 5.41) is 0.707. The van der Waals surface area contributed by atoms with Gasteiger partial charge in [-0.2, -0.15) is 0 Å². The van der Waals surface area contributed by atoms with Crippen molar-refractivity contribution in [2.75, 3.05) is 38.2 Å². The third-order valence-electron chi connectivity index (χ3n) is 4.99. The van der Waals surface area contributed by atoms with Crippen molar-refractivity contribution in [2.45, 2.75) is 13.8 Å². The van der Waals surface area contributed by atoms with Crippen LogP contribution in [-0.4, -0.2) is 44.2 Å². The molecule has 0 saturated carbocycles. The molecule has 1 heterocycles. The molecule has 0 bridgehead atoms. The molecule has 29 heavy (non-hydrogen) atoms. The van der Waals surface area contributed by atoms with E-state index in [-0.39, 0.29) is 5.91 Å². The van der Waals surface area contributed by atoms with E-state index >= 15 is 0 Å². The number of hydrogen-bond acceptors (Lipinski definition) is 4. The van der Waals surface area contributed by atoms with Gasteiger partial charge in [0.05, 0.1) is 38.0 Å². The lowest BCUT2D eigenvalue weighted by Gasteiger charge is -2.22. The van der Waals surface area contributed by atoms with E-state index in [4.69, 9.17) is 9.72 Å². The molecule has 0 aliphatic rings. The SMILES string of the molecule is CC[NH+](CC)CCN(C(=O)/C=C/c1ccccc1)c1nc2c(OC)cccc2s1. The molecule has 0 aliphatic heterocycles. The van der Waals surface area contributed by atoms with Crippen molar-refractivity contribution in [2.24, 2.45) is 0 Å². The quantitative estimate of drug-likeness (QED) is 0.551. The van der Waals surface area contributed by atoms with Crippen molar-refractivity contribution in [3.8, 4) is 5.75 Å². The predicted molar refractivity (Wildman–Crippen MR) is 121 cm³/mol. The number of methoxy groups -OCH3 is 1. The number of aromatic nitrogens is 1. The van der Waals surface area contributed by atoms with Crippen LogP contribution in [0.1, 0.15) is 19.4 Å². The average Bonchev–Trinajstić information content (AvgIpc) is 3.20. The molecule has 0 aliphatic carbocycles. The maximum atomic E-state index is 13.1. The number of hydrogen-bond donors (Lipinski definition) is 1. The van der Waals surface area contributed by atoms with E-state index in [1.807, 2.05) is 54.6 Å². The summed E-state index contributed by atoms with van der Waals surface area (Å²) in [6, 6.07) is 15.7. The van der Waals surface area contributed by atoms with Crippen molar-refractivity contribution in [1.29, 1.82) is 0 Å². The molecule has 0 saturated heterocycles. The van der Waals surface area contributed by atoms with Crippen LogP contribution in [0.5, 0.6) is 5.75 Å². The molecule has 5 nitrogen and oxygen atoms in total. The Morgan fingerprint density at radius 1 is 1.14 bits per heavy atom. The van der Waals surface area contributed by atoms with Gasteiger partial charge in [-0.25, -0.2) is 4.98 Å². The number of ether oxygens (including phenoxy) is 1. The first kappa shape index (κ1) is 21.0. The van der Waals surface area contributed by atoms with Gasteiger partial charge in [0.25, 0.3) is 5.91 Å². The molecule has 0 radical (unpaired) electrons. The van der Waals surface area contributed by atoms with E-state index in [1.165, 1.54) is 16.2 Å². The molecule has 152 valence electrons. The molecule has 0 atom stereocenters. The Bertz CT molecular complexity index is 965. The van der Waals surface area contributed by atoms with Crippen LogP contribution in [0, 0.1) is 0 Å². The van der Waals surface area contributed by atoms with Gasteiger partial charge < -0.3 is 9.64 Å². The zero-order chi connectivity index (χ0) is 20.6. The number of nitrogens with one attached hydrogen (secondary N) is 1. The molecule has 6 heteroatoms. The van der Waals surface area contributed by atoms with Crippen molar-refractivity contribution in [1.82, 2.24) is 4.98 Å². The molecule has 1 N–H and O–H groups in total. The number of para-hydroxylation sites is 1. The zero-order valence-electron chi connectivity index (χ0n) is 17.2. The molecule has 3 rings (SSSR count). The first-order chi connectivity index (χ1) is 14.2. The number of rotatable bonds is 9. The highest BCUT2D eigenvalue weighted by atomic mass is 32.1. The number of likely N-dealkylation sites (N-methyl/N-ethyl adjacent to an activating group) is 1. The summed E-state index contributed by atoms with van der Waals surface area (Å²) in [5.74, 6) is 0.671. The number of quaternary nitrogens is 1. The highest BCUT2D eigenvalue weighted by Gasteiger charge is 2.20. The van der Waals surface area contributed by atoms with Crippen LogP contribution in [0.15, 0.2) is 54.6 Å². The van der Waals surface area contributed by atoms with Gasteiger partial charge in [-0.05, 0) is 37.6 Å². The third kappa shape index (κ3) is 5.22. The van der Waals surface area contributed by atoms with Crippen LogP contribution < -0.4 is 14.5 Å². The van der Waals surface area contributed by atoms with Crippen LogP contribution in [0.25, 0.3) is 16.3 Å². The number of thiazole rings is 1. The summed E-state index contributed by atoms with van der Waals surface area (Å²) >= 11 is 1.52. The van der Waals surface area contributed by atoms with E-state index in [1.54, 1.807) is 18.1 Å². The Hall–Kier alpha value is -2.70. The topological polar surface area (TPSA) is 46.9 Å². The van der Waals surface area contributed by atoms with Gasteiger partial charge in [-0.3, -0.25) is 9.69 Å². The second kappa shape index (κ2) is 10.2. The van der Waals surface area contributed by atoms with Crippen LogP contribution in [0.3, 0.4) is 0 Å². The molecular formula is C23H28N3O2S+. The Morgan fingerprint density at radius 2 is 1.90 bits per heavy atom. The lowest BCUT2D eigenvalue weighted by Crippen LogP contribution is -3.12. The highest BCUT2D eigenvalue weighted by Crippen LogP contribution is 2.34. The fraction of sp³-hybridized carbons (Fsp3) is 0.304. The predicted octanol–water partition coefficient (Wildman–Crippen LogP) is 3.28. The summed E-state index contributed by atoms with van der Waals surface area (Å²) in [6.45, 7) is 7.91. The van der Waals surface area contributed by atoms with Gasteiger partial charge in [0.15, 0.2) is 5.13 Å². The van der Waals surface area contributed by atoms with Crippen molar-refractivity contribution < 1.29 is 14.4 Å². The molecule has 1 amide bonds. The molecule has 0 fully saturated rings. The van der Waals surface area contributed by atoms with Gasteiger partial charge in [0.2, 0.25) is 0 Å². The monoisotopic (exact) mass is 410 g/mol. The van der Waals surface area contributed by atoms with E-state index in [0.717, 1.165) is 41.2 Å². The van der Waals surface area contributed by atoms with Gasteiger partial charge in [-0.1, -0.05) is 47.7 Å². The van der Waals surface area contributed by atoms with Gasteiger partial charge >= 0.3 is 0 Å². The molecule has 0 spiro atoms. The van der Waals surface area contributed by atoms with E-state index in [2.05, 4.69) is 13.8 Å². The minimum absolute atomic E-state index is 0.0570. The molecule has 1 aromatic heterocycles. The lowest BCUT2D eigenvalue weighted by atomic mass is 10.2. The Kier molecular flexibility index (Phi) is 7.38. The summed E-state index contributed by atoms with van der Waals surface area (Å²) in [7, 11) is 1.64. The summed E-state index contributed by atoms with van der Waals surface area (Å²) in [4.78, 5) is 21.1. The van der Waals surface area contributed by atoms with Gasteiger partial charge in [-0.15, -0.1) is 0 Å². The van der Waals surface area contributed by atoms with E-state index < -0.39 is 0 Å². The van der Waals surface area contributed by atoms with Gasteiger partial charge in [0, 0.05) is 6.08 Å². The number of fused-ring (bicyclic) bond motifs is 1. The van der Waals surface area contributed by atoms with E-state index in [0.29, 0.717) is 11.7 Å². The van der Waals surface area contributed by atoms with E-state index in [9.17, 15) is 4.79 Å². The number of amides is 1. The van der Waals surface area contributed by atoms with Crippen LogP contribution in [0.2, 0.25) is 0 Å².